The molecule has 0 aromatic carbocycles. The van der Waals surface area contributed by atoms with Crippen molar-refractivity contribution in [1.82, 2.24) is 0 Å². The average molecular weight is 174 g/mol. The molecule has 2 unspecified atom stereocenters. The minimum absolute atomic E-state index is 0.0509. The molecular weight excluding hydrogens is 164 g/mol. The smallest absolute Gasteiger partial charge is 0.184 e. The number of ether oxygens (including phenoxy) is 1. The lowest BCUT2D eigenvalue weighted by Crippen LogP contribution is -2.27. The van der Waals surface area contributed by atoms with Crippen molar-refractivity contribution in [2.75, 3.05) is 0 Å². The Bertz CT molecular complexity index is 387. The Kier molecular flexibility index (Phi) is 0.736. The molecule has 0 bridgehead atoms. The minimum atomic E-state index is -0.140. The van der Waals surface area contributed by atoms with Crippen LogP contribution in [0.2, 0.25) is 0 Å². The zero-order valence-corrected chi connectivity index (χ0v) is 7.25. The first-order chi connectivity index (χ1) is 6.29. The van der Waals surface area contributed by atoms with Gasteiger partial charge < -0.3 is 4.74 Å². The Morgan fingerprint density at radius 2 is 2.31 bits per heavy atom. The highest BCUT2D eigenvalue weighted by atomic mass is 16.6. The van der Waals surface area contributed by atoms with E-state index in [2.05, 4.69) is 0 Å². The van der Waals surface area contributed by atoms with Gasteiger partial charge in [-0.15, -0.1) is 0 Å². The molecule has 3 aliphatic carbocycles. The number of rotatable bonds is 0. The predicted molar refractivity (Wildman–Crippen MR) is 45.8 cm³/mol. The van der Waals surface area contributed by atoms with Crippen molar-refractivity contribution in [2.45, 2.75) is 24.9 Å². The SMILES string of the molecule is O=C1CC2(CC2)C23OC2=CC=CC13. The van der Waals surface area contributed by atoms with Crippen molar-refractivity contribution in [1.29, 1.82) is 0 Å². The van der Waals surface area contributed by atoms with Gasteiger partial charge in [0, 0.05) is 11.8 Å². The summed E-state index contributed by atoms with van der Waals surface area (Å²) >= 11 is 0. The molecule has 0 N–H and O–H groups in total. The van der Waals surface area contributed by atoms with Crippen molar-refractivity contribution in [3.63, 3.8) is 0 Å². The van der Waals surface area contributed by atoms with Crippen LogP contribution in [0.4, 0.5) is 0 Å². The Labute approximate surface area is 76.3 Å². The maximum absolute atomic E-state index is 11.7. The summed E-state index contributed by atoms with van der Waals surface area (Å²) in [5.74, 6) is 1.51. The molecule has 66 valence electrons. The van der Waals surface area contributed by atoms with E-state index in [1.54, 1.807) is 0 Å². The van der Waals surface area contributed by atoms with Crippen LogP contribution in [0.15, 0.2) is 24.0 Å². The van der Waals surface area contributed by atoms with Gasteiger partial charge in [0.2, 0.25) is 0 Å². The highest BCUT2D eigenvalue weighted by Crippen LogP contribution is 2.75. The summed E-state index contributed by atoms with van der Waals surface area (Å²) < 4.78 is 5.72. The summed E-state index contributed by atoms with van der Waals surface area (Å²) in [5, 5.41) is 0. The lowest BCUT2D eigenvalue weighted by molar-refractivity contribution is -0.120. The third kappa shape index (κ3) is 0.475. The molecule has 0 radical (unpaired) electrons. The van der Waals surface area contributed by atoms with Gasteiger partial charge in [-0.3, -0.25) is 4.79 Å². The van der Waals surface area contributed by atoms with Crippen LogP contribution in [0, 0.1) is 11.3 Å². The summed E-state index contributed by atoms with van der Waals surface area (Å²) in [5.41, 5.74) is 0.0875. The van der Waals surface area contributed by atoms with Gasteiger partial charge in [-0.1, -0.05) is 12.2 Å². The highest BCUT2D eigenvalue weighted by Gasteiger charge is 2.80. The summed E-state index contributed by atoms with van der Waals surface area (Å²) in [6.45, 7) is 0. The molecule has 0 aromatic heterocycles. The number of epoxide rings is 1. The monoisotopic (exact) mass is 174 g/mol. The molecule has 2 saturated carbocycles. The standard InChI is InChI=1S/C11H10O2/c12-8-6-10(4-5-10)11-7(8)2-1-3-9(11)13-11/h1-3,7H,4-6H2. The maximum atomic E-state index is 11.7. The van der Waals surface area contributed by atoms with Crippen LogP contribution in [0.5, 0.6) is 0 Å². The molecule has 1 saturated heterocycles. The number of allylic oxidation sites excluding steroid dienone is 2. The Morgan fingerprint density at radius 1 is 1.46 bits per heavy atom. The van der Waals surface area contributed by atoms with Crippen molar-refractivity contribution >= 4 is 5.78 Å². The molecule has 2 atom stereocenters. The summed E-state index contributed by atoms with van der Waals surface area (Å²) in [7, 11) is 0. The normalized spacial score (nSPS) is 46.6. The summed E-state index contributed by atoms with van der Waals surface area (Å²) in [6.07, 6.45) is 9.12. The molecule has 0 aromatic rings. The predicted octanol–water partition coefficient (Wildman–Crippen LogP) is 1.58. The molecule has 4 rings (SSSR count). The van der Waals surface area contributed by atoms with Gasteiger partial charge in [-0.05, 0) is 18.9 Å². The zero-order chi connectivity index (χ0) is 8.68. The highest BCUT2D eigenvalue weighted by molar-refractivity contribution is 5.91. The quantitative estimate of drug-likeness (QED) is 0.522. The molecule has 2 spiro atoms. The second-order valence-electron chi connectivity index (χ2n) is 4.65. The molecule has 4 aliphatic rings. The van der Waals surface area contributed by atoms with E-state index in [1.165, 1.54) is 12.8 Å². The first-order valence-electron chi connectivity index (χ1n) is 4.89. The number of carbonyl (C=O) groups excluding carboxylic acids is 1. The number of hydrogen-bond acceptors (Lipinski definition) is 2. The van der Waals surface area contributed by atoms with E-state index >= 15 is 0 Å². The molecule has 0 amide bonds. The average Bonchev–Trinajstić information content (AvgIpc) is 2.93. The Hall–Kier alpha value is -1.05. The fourth-order valence-electron chi connectivity index (χ4n) is 3.22. The third-order valence-corrected chi connectivity index (χ3v) is 4.09. The molecule has 1 aliphatic heterocycles. The fourth-order valence-corrected chi connectivity index (χ4v) is 3.22. The topological polar surface area (TPSA) is 29.6 Å². The fraction of sp³-hybridized carbons (Fsp3) is 0.545. The number of hydrogen-bond donors (Lipinski definition) is 0. The van der Waals surface area contributed by atoms with Crippen LogP contribution in [-0.2, 0) is 9.53 Å². The molecular formula is C11H10O2. The van der Waals surface area contributed by atoms with Crippen molar-refractivity contribution in [3.8, 4) is 0 Å². The minimum Gasteiger partial charge on any atom is -0.478 e. The number of Topliss-reactive ketones (excluding diaryl/α,β-unsaturated/α-hetero) is 1. The van der Waals surface area contributed by atoms with Crippen LogP contribution in [-0.4, -0.2) is 11.4 Å². The largest absolute Gasteiger partial charge is 0.478 e. The van der Waals surface area contributed by atoms with E-state index in [9.17, 15) is 4.79 Å². The Balaban J connectivity index is 1.95. The summed E-state index contributed by atoms with van der Waals surface area (Å²) in [4.78, 5) is 11.7. The van der Waals surface area contributed by atoms with Gasteiger partial charge in [-0.2, -0.15) is 0 Å². The van der Waals surface area contributed by atoms with Crippen LogP contribution in [0.25, 0.3) is 0 Å². The number of ketones is 1. The zero-order valence-electron chi connectivity index (χ0n) is 7.25. The lowest BCUT2D eigenvalue weighted by atomic mass is 9.83. The summed E-state index contributed by atoms with van der Waals surface area (Å²) in [6, 6.07) is 0. The van der Waals surface area contributed by atoms with Crippen LogP contribution < -0.4 is 0 Å². The second-order valence-corrected chi connectivity index (χ2v) is 4.65. The van der Waals surface area contributed by atoms with E-state index in [0.29, 0.717) is 5.78 Å². The van der Waals surface area contributed by atoms with E-state index in [-0.39, 0.29) is 16.9 Å². The van der Waals surface area contributed by atoms with Gasteiger partial charge in [0.05, 0.1) is 5.92 Å². The van der Waals surface area contributed by atoms with Gasteiger partial charge in [-0.25, -0.2) is 0 Å². The van der Waals surface area contributed by atoms with Gasteiger partial charge in [0.1, 0.15) is 11.5 Å². The molecule has 13 heavy (non-hydrogen) atoms. The van der Waals surface area contributed by atoms with Crippen LogP contribution >= 0.6 is 0 Å². The van der Waals surface area contributed by atoms with Crippen molar-refractivity contribution in [2.24, 2.45) is 11.3 Å². The lowest BCUT2D eigenvalue weighted by Gasteiger charge is -2.15. The second kappa shape index (κ2) is 1.49. The maximum Gasteiger partial charge on any atom is 0.184 e. The van der Waals surface area contributed by atoms with Crippen LogP contribution in [0.1, 0.15) is 19.3 Å². The Morgan fingerprint density at radius 3 is 3.08 bits per heavy atom. The number of carbonyl (C=O) groups is 1. The van der Waals surface area contributed by atoms with Gasteiger partial charge in [0.15, 0.2) is 5.60 Å². The van der Waals surface area contributed by atoms with Crippen LogP contribution in [0.3, 0.4) is 0 Å². The third-order valence-electron chi connectivity index (χ3n) is 4.09. The van der Waals surface area contributed by atoms with Crippen molar-refractivity contribution in [3.05, 3.63) is 24.0 Å². The van der Waals surface area contributed by atoms with Gasteiger partial charge in [0.25, 0.3) is 0 Å². The van der Waals surface area contributed by atoms with Crippen molar-refractivity contribution < 1.29 is 9.53 Å². The first kappa shape index (κ1) is 6.41. The molecule has 3 fully saturated rings. The van der Waals surface area contributed by atoms with E-state index in [4.69, 9.17) is 4.74 Å². The molecule has 1 heterocycles. The van der Waals surface area contributed by atoms with Gasteiger partial charge >= 0.3 is 0 Å². The first-order valence-corrected chi connectivity index (χ1v) is 4.89. The molecule has 2 nitrogen and oxygen atoms in total. The van der Waals surface area contributed by atoms with E-state index in [0.717, 1.165) is 12.2 Å². The van der Waals surface area contributed by atoms with E-state index < -0.39 is 0 Å². The molecule has 2 heteroatoms. The van der Waals surface area contributed by atoms with E-state index in [1.807, 2.05) is 18.2 Å².